The maximum atomic E-state index is 13.0. The molecule has 1 amide bonds. The maximum Gasteiger partial charge on any atom is 0.310 e. The summed E-state index contributed by atoms with van der Waals surface area (Å²) < 4.78 is 16.1. The van der Waals surface area contributed by atoms with Gasteiger partial charge in [0.15, 0.2) is 0 Å². The molecule has 0 saturated carbocycles. The second-order valence-corrected chi connectivity index (χ2v) is 6.96. The van der Waals surface area contributed by atoms with Crippen LogP contribution in [0.5, 0.6) is 5.75 Å². The molecular formula is C20H29NO5. The van der Waals surface area contributed by atoms with E-state index in [4.69, 9.17) is 14.2 Å². The van der Waals surface area contributed by atoms with Gasteiger partial charge in [-0.25, -0.2) is 0 Å². The summed E-state index contributed by atoms with van der Waals surface area (Å²) in [6.07, 6.45) is 2.03. The molecule has 0 aromatic heterocycles. The van der Waals surface area contributed by atoms with Crippen LogP contribution in [0.25, 0.3) is 0 Å². The Morgan fingerprint density at radius 2 is 1.92 bits per heavy atom. The van der Waals surface area contributed by atoms with Gasteiger partial charge in [-0.1, -0.05) is 6.92 Å². The van der Waals surface area contributed by atoms with Gasteiger partial charge >= 0.3 is 5.97 Å². The van der Waals surface area contributed by atoms with Crippen LogP contribution in [0.15, 0.2) is 24.3 Å². The Morgan fingerprint density at radius 3 is 2.46 bits per heavy atom. The third-order valence-electron chi connectivity index (χ3n) is 4.31. The van der Waals surface area contributed by atoms with Crippen LogP contribution in [-0.2, 0) is 14.3 Å². The Morgan fingerprint density at radius 1 is 1.23 bits per heavy atom. The Bertz CT molecular complexity index is 593. The average molecular weight is 363 g/mol. The molecule has 0 aliphatic carbocycles. The van der Waals surface area contributed by atoms with E-state index in [9.17, 15) is 9.59 Å². The van der Waals surface area contributed by atoms with Crippen molar-refractivity contribution in [1.82, 2.24) is 4.90 Å². The van der Waals surface area contributed by atoms with E-state index >= 15 is 0 Å². The third-order valence-corrected chi connectivity index (χ3v) is 4.31. The van der Waals surface area contributed by atoms with Crippen LogP contribution in [0.2, 0.25) is 0 Å². The first-order valence-corrected chi connectivity index (χ1v) is 9.16. The van der Waals surface area contributed by atoms with Crippen molar-refractivity contribution < 1.29 is 23.8 Å². The van der Waals surface area contributed by atoms with E-state index in [1.807, 2.05) is 13.8 Å². The minimum atomic E-state index is -0.395. The molecule has 2 rings (SSSR count). The van der Waals surface area contributed by atoms with Crippen molar-refractivity contribution in [3.05, 3.63) is 29.8 Å². The summed E-state index contributed by atoms with van der Waals surface area (Å²) in [5.74, 6) is -0.109. The fourth-order valence-electron chi connectivity index (χ4n) is 3.01. The van der Waals surface area contributed by atoms with Crippen molar-refractivity contribution in [3.8, 4) is 5.75 Å². The molecule has 2 atom stereocenters. The summed E-state index contributed by atoms with van der Waals surface area (Å²) in [6.45, 7) is 7.18. The Kier molecular flexibility index (Phi) is 7.45. The summed E-state index contributed by atoms with van der Waals surface area (Å²) in [7, 11) is 1.36. The van der Waals surface area contributed by atoms with Crippen molar-refractivity contribution in [2.45, 2.75) is 45.8 Å². The molecular weight excluding hydrogens is 334 g/mol. The number of carbonyl (C=O) groups excluding carboxylic acids is 2. The van der Waals surface area contributed by atoms with Gasteiger partial charge in [0.25, 0.3) is 5.91 Å². The van der Waals surface area contributed by atoms with E-state index in [2.05, 4.69) is 0 Å². The minimum Gasteiger partial charge on any atom is -0.491 e. The summed E-state index contributed by atoms with van der Waals surface area (Å²) >= 11 is 0. The van der Waals surface area contributed by atoms with E-state index in [0.717, 1.165) is 25.2 Å². The number of methoxy groups -OCH3 is 1. The lowest BCUT2D eigenvalue weighted by Gasteiger charge is -2.27. The number of esters is 1. The van der Waals surface area contributed by atoms with E-state index in [1.54, 1.807) is 36.1 Å². The number of amides is 1. The number of hydrogen-bond acceptors (Lipinski definition) is 5. The molecule has 1 aromatic carbocycles. The molecule has 6 nitrogen and oxygen atoms in total. The number of ether oxygens (including phenoxy) is 3. The first kappa shape index (κ1) is 20.2. The van der Waals surface area contributed by atoms with Crippen LogP contribution in [0.4, 0.5) is 0 Å². The molecule has 0 spiro atoms. The van der Waals surface area contributed by atoms with Gasteiger partial charge in [0.05, 0.1) is 25.2 Å². The summed E-state index contributed by atoms with van der Waals surface area (Å²) in [4.78, 5) is 26.5. The van der Waals surface area contributed by atoms with E-state index in [0.29, 0.717) is 18.7 Å². The van der Waals surface area contributed by atoms with Crippen molar-refractivity contribution in [3.63, 3.8) is 0 Å². The molecule has 6 heteroatoms. The van der Waals surface area contributed by atoms with Crippen LogP contribution in [0.3, 0.4) is 0 Å². The second-order valence-electron chi connectivity index (χ2n) is 6.96. The van der Waals surface area contributed by atoms with Gasteiger partial charge in [-0.2, -0.15) is 0 Å². The predicted molar refractivity (Wildman–Crippen MR) is 98.3 cm³/mol. The summed E-state index contributed by atoms with van der Waals surface area (Å²) in [6, 6.07) is 7.10. The lowest BCUT2D eigenvalue weighted by Crippen LogP contribution is -2.41. The zero-order chi connectivity index (χ0) is 19.1. The van der Waals surface area contributed by atoms with Crippen molar-refractivity contribution >= 4 is 11.9 Å². The zero-order valence-corrected chi connectivity index (χ0v) is 16.1. The molecule has 1 aromatic rings. The lowest BCUT2D eigenvalue weighted by atomic mass is 10.1. The molecule has 0 N–H and O–H groups in total. The molecule has 1 aliphatic rings. The standard InChI is InChI=1S/C20H29NO5/c1-14(2)26-17-9-7-16(8-10-17)19(22)21(12-15(3)20(23)24-4)13-18-6-5-11-25-18/h7-10,14-15,18H,5-6,11-13H2,1-4H3. The predicted octanol–water partition coefficient (Wildman–Crippen LogP) is 2.90. The largest absolute Gasteiger partial charge is 0.491 e. The van der Waals surface area contributed by atoms with Gasteiger partial charge < -0.3 is 19.1 Å². The smallest absolute Gasteiger partial charge is 0.310 e. The second kappa shape index (κ2) is 9.57. The average Bonchev–Trinajstić information content (AvgIpc) is 3.13. The van der Waals surface area contributed by atoms with Crippen LogP contribution in [-0.4, -0.2) is 55.8 Å². The minimum absolute atomic E-state index is 0.0207. The monoisotopic (exact) mass is 363 g/mol. The fraction of sp³-hybridized carbons (Fsp3) is 0.600. The van der Waals surface area contributed by atoms with Crippen molar-refractivity contribution in [2.24, 2.45) is 5.92 Å². The molecule has 0 radical (unpaired) electrons. The lowest BCUT2D eigenvalue weighted by molar-refractivity contribution is -0.145. The summed E-state index contributed by atoms with van der Waals surface area (Å²) in [5, 5.41) is 0. The highest BCUT2D eigenvalue weighted by Crippen LogP contribution is 2.19. The van der Waals surface area contributed by atoms with Crippen molar-refractivity contribution in [2.75, 3.05) is 26.8 Å². The van der Waals surface area contributed by atoms with Gasteiger partial charge in [0, 0.05) is 25.3 Å². The van der Waals surface area contributed by atoms with Crippen LogP contribution < -0.4 is 4.74 Å². The number of hydrogen-bond donors (Lipinski definition) is 0. The van der Waals surface area contributed by atoms with E-state index in [-0.39, 0.29) is 24.1 Å². The van der Waals surface area contributed by atoms with Gasteiger partial charge in [-0.3, -0.25) is 9.59 Å². The number of benzene rings is 1. The normalized spacial score (nSPS) is 17.8. The molecule has 26 heavy (non-hydrogen) atoms. The highest BCUT2D eigenvalue weighted by atomic mass is 16.5. The van der Waals surface area contributed by atoms with E-state index in [1.165, 1.54) is 7.11 Å². The first-order chi connectivity index (χ1) is 12.4. The fourth-order valence-corrected chi connectivity index (χ4v) is 3.01. The van der Waals surface area contributed by atoms with Crippen molar-refractivity contribution in [1.29, 1.82) is 0 Å². The van der Waals surface area contributed by atoms with Crippen LogP contribution >= 0.6 is 0 Å². The highest BCUT2D eigenvalue weighted by Gasteiger charge is 2.27. The number of rotatable bonds is 8. The van der Waals surface area contributed by atoms with Gasteiger partial charge in [-0.15, -0.1) is 0 Å². The Labute approximate surface area is 155 Å². The quantitative estimate of drug-likeness (QED) is 0.665. The molecule has 1 aliphatic heterocycles. The third kappa shape index (κ3) is 5.73. The molecule has 1 fully saturated rings. The Balaban J connectivity index is 2.11. The first-order valence-electron chi connectivity index (χ1n) is 9.16. The number of carbonyl (C=O) groups is 2. The van der Waals surface area contributed by atoms with Gasteiger partial charge in [0.1, 0.15) is 5.75 Å². The molecule has 144 valence electrons. The molecule has 2 unspecified atom stereocenters. The van der Waals surface area contributed by atoms with E-state index < -0.39 is 5.92 Å². The Hall–Kier alpha value is -2.08. The van der Waals surface area contributed by atoms with Crippen LogP contribution in [0.1, 0.15) is 44.0 Å². The number of nitrogens with zero attached hydrogens (tertiary/aromatic N) is 1. The van der Waals surface area contributed by atoms with Crippen LogP contribution in [0, 0.1) is 5.92 Å². The zero-order valence-electron chi connectivity index (χ0n) is 16.1. The SMILES string of the molecule is COC(=O)C(C)CN(CC1CCCO1)C(=O)c1ccc(OC(C)C)cc1. The topological polar surface area (TPSA) is 65.1 Å². The van der Waals surface area contributed by atoms with Gasteiger partial charge in [-0.05, 0) is 51.0 Å². The molecule has 1 heterocycles. The molecule has 1 saturated heterocycles. The van der Waals surface area contributed by atoms with Gasteiger partial charge in [0.2, 0.25) is 0 Å². The maximum absolute atomic E-state index is 13.0. The summed E-state index contributed by atoms with van der Waals surface area (Å²) in [5.41, 5.74) is 0.566. The molecule has 0 bridgehead atoms. The highest BCUT2D eigenvalue weighted by molar-refractivity contribution is 5.94.